The molecule has 158 valence electrons. The molecule has 0 fully saturated rings. The number of hydrogen-bond donors (Lipinski definition) is 1. The molecule has 0 spiro atoms. The van der Waals surface area contributed by atoms with Crippen molar-refractivity contribution in [2.24, 2.45) is 5.92 Å². The predicted octanol–water partition coefficient (Wildman–Crippen LogP) is 4.48. The van der Waals surface area contributed by atoms with Gasteiger partial charge in [-0.3, -0.25) is 9.78 Å². The number of anilines is 2. The molecule has 2 heterocycles. The number of carbonyl (C=O) groups is 1. The third kappa shape index (κ3) is 5.23. The van der Waals surface area contributed by atoms with Crippen LogP contribution in [0.15, 0.2) is 48.8 Å². The van der Waals surface area contributed by atoms with Crippen LogP contribution < -0.4 is 10.2 Å². The second-order valence-corrected chi connectivity index (χ2v) is 7.60. The minimum Gasteiger partial charge on any atom is -0.372 e. The van der Waals surface area contributed by atoms with E-state index in [4.69, 9.17) is 0 Å². The van der Waals surface area contributed by atoms with E-state index >= 15 is 0 Å². The third-order valence-corrected chi connectivity index (χ3v) is 4.86. The quantitative estimate of drug-likeness (QED) is 0.564. The number of benzene rings is 1. The molecule has 1 aromatic carbocycles. The highest BCUT2D eigenvalue weighted by Gasteiger charge is 2.18. The monoisotopic (exact) mass is 406 g/mol. The molecule has 0 saturated heterocycles. The van der Waals surface area contributed by atoms with Gasteiger partial charge in [-0.05, 0) is 49.6 Å². The van der Waals surface area contributed by atoms with Gasteiger partial charge in [-0.2, -0.15) is 9.67 Å². The van der Waals surface area contributed by atoms with Crippen LogP contribution in [0.3, 0.4) is 0 Å². The Morgan fingerprint density at radius 1 is 1.13 bits per heavy atom. The number of nitrogens with one attached hydrogen (secondary N) is 1. The second kappa shape index (κ2) is 10.0. The minimum atomic E-state index is -0.0768. The van der Waals surface area contributed by atoms with Crippen molar-refractivity contribution in [3.8, 4) is 11.4 Å². The topological polar surface area (TPSA) is 75.9 Å². The summed E-state index contributed by atoms with van der Waals surface area (Å²) in [6.07, 6.45) is 3.80. The van der Waals surface area contributed by atoms with Crippen molar-refractivity contribution in [2.45, 2.75) is 40.7 Å². The van der Waals surface area contributed by atoms with Gasteiger partial charge in [0, 0.05) is 49.7 Å². The molecular formula is C23H30N6O. The fourth-order valence-corrected chi connectivity index (χ4v) is 3.25. The number of nitrogens with zero attached hydrogens (tertiary/aromatic N) is 5. The van der Waals surface area contributed by atoms with Gasteiger partial charge < -0.3 is 10.2 Å². The minimum absolute atomic E-state index is 0.0768. The van der Waals surface area contributed by atoms with Crippen LogP contribution in [-0.2, 0) is 6.54 Å². The predicted molar refractivity (Wildman–Crippen MR) is 121 cm³/mol. The summed E-state index contributed by atoms with van der Waals surface area (Å²) in [5.74, 6) is 1.10. The number of rotatable bonds is 9. The van der Waals surface area contributed by atoms with Crippen LogP contribution in [0, 0.1) is 5.92 Å². The lowest BCUT2D eigenvalue weighted by molar-refractivity contribution is 0.0873. The molecule has 7 nitrogen and oxygen atoms in total. The molecule has 0 aliphatic carbocycles. The van der Waals surface area contributed by atoms with Crippen molar-refractivity contribution >= 4 is 17.5 Å². The molecule has 0 saturated carbocycles. The Morgan fingerprint density at radius 2 is 1.87 bits per heavy atom. The van der Waals surface area contributed by atoms with Gasteiger partial charge in [0.1, 0.15) is 0 Å². The van der Waals surface area contributed by atoms with Gasteiger partial charge in [-0.1, -0.05) is 26.0 Å². The van der Waals surface area contributed by atoms with Crippen molar-refractivity contribution in [1.82, 2.24) is 19.7 Å². The highest BCUT2D eigenvalue weighted by molar-refractivity contribution is 5.81. The summed E-state index contributed by atoms with van der Waals surface area (Å²) in [5.41, 5.74) is 3.10. The van der Waals surface area contributed by atoms with Crippen LogP contribution in [-0.4, -0.2) is 38.7 Å². The van der Waals surface area contributed by atoms with Crippen molar-refractivity contribution < 1.29 is 4.79 Å². The van der Waals surface area contributed by atoms with Crippen molar-refractivity contribution in [1.29, 1.82) is 0 Å². The number of aromatic nitrogens is 4. The van der Waals surface area contributed by atoms with Crippen LogP contribution in [0.1, 0.15) is 44.5 Å². The number of hydrogen-bond acceptors (Lipinski definition) is 6. The van der Waals surface area contributed by atoms with Crippen LogP contribution >= 0.6 is 0 Å². The Kier molecular flexibility index (Phi) is 7.17. The maximum absolute atomic E-state index is 12.7. The first-order valence-electron chi connectivity index (χ1n) is 10.5. The number of carbonyl (C=O) groups excluding carboxylic acids is 1. The average Bonchev–Trinajstić information content (AvgIpc) is 3.19. The zero-order valence-corrected chi connectivity index (χ0v) is 18.2. The number of pyridine rings is 1. The SMILES string of the molecule is CCN(CC)c1ccc(CNc2nc(-c3cccnc3)nn2C(=O)CC(C)C)cc1. The Labute approximate surface area is 178 Å². The van der Waals surface area contributed by atoms with Gasteiger partial charge in [-0.25, -0.2) is 0 Å². The Morgan fingerprint density at radius 3 is 2.47 bits per heavy atom. The lowest BCUT2D eigenvalue weighted by atomic mass is 10.1. The molecule has 0 amide bonds. The maximum Gasteiger partial charge on any atom is 0.250 e. The summed E-state index contributed by atoms with van der Waals surface area (Å²) >= 11 is 0. The largest absolute Gasteiger partial charge is 0.372 e. The zero-order chi connectivity index (χ0) is 21.5. The molecule has 0 bridgehead atoms. The summed E-state index contributed by atoms with van der Waals surface area (Å²) in [6, 6.07) is 12.2. The first kappa shape index (κ1) is 21.5. The summed E-state index contributed by atoms with van der Waals surface area (Å²) < 4.78 is 1.38. The van der Waals surface area contributed by atoms with Gasteiger partial charge in [0.15, 0.2) is 5.82 Å². The molecule has 7 heteroatoms. The van der Waals surface area contributed by atoms with E-state index in [9.17, 15) is 4.79 Å². The van der Waals surface area contributed by atoms with Crippen LogP contribution in [0.5, 0.6) is 0 Å². The Hall–Kier alpha value is -3.22. The average molecular weight is 407 g/mol. The molecule has 0 atom stereocenters. The first-order valence-corrected chi connectivity index (χ1v) is 10.5. The fraction of sp³-hybridized carbons (Fsp3) is 0.391. The van der Waals surface area contributed by atoms with Crippen LogP contribution in [0.2, 0.25) is 0 Å². The van der Waals surface area contributed by atoms with Crippen molar-refractivity contribution in [3.63, 3.8) is 0 Å². The van der Waals surface area contributed by atoms with Crippen LogP contribution in [0.4, 0.5) is 11.6 Å². The van der Waals surface area contributed by atoms with E-state index in [2.05, 4.69) is 63.4 Å². The van der Waals surface area contributed by atoms with Gasteiger partial charge in [0.25, 0.3) is 0 Å². The molecule has 2 aromatic heterocycles. The lowest BCUT2D eigenvalue weighted by Crippen LogP contribution is -2.21. The maximum atomic E-state index is 12.7. The Bertz CT molecular complexity index is 946. The molecule has 0 radical (unpaired) electrons. The van der Waals surface area contributed by atoms with Crippen LogP contribution in [0.25, 0.3) is 11.4 Å². The Balaban J connectivity index is 1.80. The van der Waals surface area contributed by atoms with Gasteiger partial charge >= 0.3 is 0 Å². The van der Waals surface area contributed by atoms with E-state index in [1.165, 1.54) is 10.4 Å². The van der Waals surface area contributed by atoms with E-state index in [0.717, 1.165) is 24.2 Å². The lowest BCUT2D eigenvalue weighted by Gasteiger charge is -2.21. The van der Waals surface area contributed by atoms with Crippen molar-refractivity contribution in [2.75, 3.05) is 23.3 Å². The van der Waals surface area contributed by atoms with Gasteiger partial charge in [0.05, 0.1) is 0 Å². The molecule has 0 aliphatic heterocycles. The summed E-state index contributed by atoms with van der Waals surface area (Å²) in [7, 11) is 0. The molecule has 3 aromatic rings. The first-order chi connectivity index (χ1) is 14.5. The van der Waals surface area contributed by atoms with Gasteiger partial charge in [-0.15, -0.1) is 5.10 Å². The summed E-state index contributed by atoms with van der Waals surface area (Å²) in [6.45, 7) is 10.8. The highest BCUT2D eigenvalue weighted by Crippen LogP contribution is 2.20. The van der Waals surface area contributed by atoms with E-state index in [1.54, 1.807) is 12.4 Å². The molecule has 0 unspecified atom stereocenters. The normalized spacial score (nSPS) is 11.0. The van der Waals surface area contributed by atoms with Gasteiger partial charge in [0.2, 0.25) is 11.9 Å². The molecule has 30 heavy (non-hydrogen) atoms. The van der Waals surface area contributed by atoms with E-state index in [0.29, 0.717) is 24.7 Å². The molecule has 0 aliphatic rings. The van der Waals surface area contributed by atoms with E-state index < -0.39 is 0 Å². The third-order valence-electron chi connectivity index (χ3n) is 4.86. The summed E-state index contributed by atoms with van der Waals surface area (Å²) in [5, 5.41) is 7.74. The molecule has 3 rings (SSSR count). The van der Waals surface area contributed by atoms with E-state index in [1.807, 2.05) is 26.0 Å². The standard InChI is InChI=1S/C23H30N6O/c1-5-28(6-2)20-11-9-18(10-12-20)15-25-23-26-22(19-8-7-13-24-16-19)27-29(23)21(30)14-17(3)4/h7-13,16-17H,5-6,14-15H2,1-4H3,(H,25,26,27). The van der Waals surface area contributed by atoms with E-state index in [-0.39, 0.29) is 11.8 Å². The fourth-order valence-electron chi connectivity index (χ4n) is 3.25. The second-order valence-electron chi connectivity index (χ2n) is 7.60. The van der Waals surface area contributed by atoms with Crippen molar-refractivity contribution in [3.05, 3.63) is 54.4 Å². The molecule has 1 N–H and O–H groups in total. The summed E-state index contributed by atoms with van der Waals surface area (Å²) in [4.78, 5) is 23.7. The highest BCUT2D eigenvalue weighted by atomic mass is 16.2. The molecular weight excluding hydrogens is 376 g/mol. The smallest absolute Gasteiger partial charge is 0.250 e. The zero-order valence-electron chi connectivity index (χ0n) is 18.2.